The van der Waals surface area contributed by atoms with Crippen molar-refractivity contribution in [3.05, 3.63) is 74.7 Å². The van der Waals surface area contributed by atoms with Gasteiger partial charge >= 0.3 is 5.97 Å². The maximum atomic E-state index is 11.8. The molecule has 0 aliphatic heterocycles. The summed E-state index contributed by atoms with van der Waals surface area (Å²) in [6.07, 6.45) is 2.50. The van der Waals surface area contributed by atoms with Crippen LogP contribution in [0.15, 0.2) is 51.4 Å². The summed E-state index contributed by atoms with van der Waals surface area (Å²) >= 11 is 9.77. The molecule has 0 saturated carbocycles. The molecule has 0 amide bonds. The molecule has 0 aliphatic rings. The Kier molecular flexibility index (Phi) is 6.35. The maximum absolute atomic E-state index is 11.8. The molecule has 32 heavy (non-hydrogen) atoms. The van der Waals surface area contributed by atoms with E-state index < -0.39 is 5.97 Å². The Labute approximate surface area is 198 Å². The van der Waals surface area contributed by atoms with Gasteiger partial charge in [-0.15, -0.1) is 0 Å². The molecule has 2 heterocycles. The molecule has 2 aromatic carbocycles. The zero-order chi connectivity index (χ0) is 22.8. The van der Waals surface area contributed by atoms with Crippen molar-refractivity contribution < 1.29 is 14.3 Å². The first kappa shape index (κ1) is 22.1. The number of halogens is 2. The number of carboxylic acids is 1. The summed E-state index contributed by atoms with van der Waals surface area (Å²) in [5.74, 6) is 0.130. The van der Waals surface area contributed by atoms with Crippen LogP contribution in [0.2, 0.25) is 5.15 Å². The fourth-order valence-corrected chi connectivity index (χ4v) is 4.60. The third-order valence-electron chi connectivity index (χ3n) is 5.29. The van der Waals surface area contributed by atoms with Crippen LogP contribution in [0.4, 0.5) is 0 Å². The third-order valence-corrected chi connectivity index (χ3v) is 6.34. The van der Waals surface area contributed by atoms with Gasteiger partial charge in [0.1, 0.15) is 11.4 Å². The molecule has 8 heteroatoms. The van der Waals surface area contributed by atoms with Gasteiger partial charge in [-0.25, -0.2) is 9.78 Å². The summed E-state index contributed by atoms with van der Waals surface area (Å²) in [6.45, 7) is 2.39. The van der Waals surface area contributed by atoms with Crippen LogP contribution in [0.5, 0.6) is 0 Å². The Morgan fingerprint density at radius 1 is 1.31 bits per heavy atom. The van der Waals surface area contributed by atoms with E-state index >= 15 is 0 Å². The quantitative estimate of drug-likeness (QED) is 0.298. The van der Waals surface area contributed by atoms with Gasteiger partial charge in [-0.05, 0) is 52.2 Å². The maximum Gasteiger partial charge on any atom is 0.355 e. The number of aromatic carboxylic acids is 1. The predicted octanol–water partition coefficient (Wildman–Crippen LogP) is 6.67. The molecule has 0 saturated heterocycles. The van der Waals surface area contributed by atoms with Crippen molar-refractivity contribution >= 4 is 44.5 Å². The number of aryl methyl sites for hydroxylation is 1. The molecule has 0 aliphatic carbocycles. The Bertz CT molecular complexity index is 1370. The number of carbonyl (C=O) groups is 1. The monoisotopic (exact) mass is 511 g/mol. The molecule has 0 atom stereocenters. The number of imidazole rings is 1. The first-order chi connectivity index (χ1) is 15.4. The van der Waals surface area contributed by atoms with E-state index in [1.807, 2.05) is 36.4 Å². The number of carboxylic acid groups (broad SMARTS) is 1. The lowest BCUT2D eigenvalue weighted by Gasteiger charge is -2.10. The molecule has 0 fully saturated rings. The number of hydrogen-bond donors (Lipinski definition) is 1. The van der Waals surface area contributed by atoms with E-state index in [9.17, 15) is 15.2 Å². The second-order valence-corrected chi connectivity index (χ2v) is 8.55. The number of hydrogen-bond acceptors (Lipinski definition) is 4. The topological polar surface area (TPSA) is 92.0 Å². The van der Waals surface area contributed by atoms with Crippen LogP contribution < -0.4 is 0 Å². The average molecular weight is 513 g/mol. The summed E-state index contributed by atoms with van der Waals surface area (Å²) in [5, 5.41) is 19.9. The summed E-state index contributed by atoms with van der Waals surface area (Å²) in [5.41, 5.74) is 2.76. The SMILES string of the molecule is CCCCc1nc(Cl)c(C(=O)O)n1Cc1ccc2oc(-c3ccccc3C#N)c(Br)c2c1. The van der Waals surface area contributed by atoms with Crippen molar-refractivity contribution in [1.82, 2.24) is 9.55 Å². The fraction of sp³-hybridized carbons (Fsp3) is 0.208. The van der Waals surface area contributed by atoms with Crippen LogP contribution in [0, 0.1) is 11.3 Å². The highest BCUT2D eigenvalue weighted by molar-refractivity contribution is 9.10. The van der Waals surface area contributed by atoms with Crippen molar-refractivity contribution in [2.24, 2.45) is 0 Å². The first-order valence-corrected chi connectivity index (χ1v) is 11.3. The number of nitriles is 1. The second kappa shape index (κ2) is 9.19. The summed E-state index contributed by atoms with van der Waals surface area (Å²) in [7, 11) is 0. The standard InChI is InChI=1S/C24H19BrClN3O3/c1-2-3-8-19-28-23(26)21(24(30)31)29(19)13-14-9-10-18-17(11-14)20(25)22(32-18)16-7-5-4-6-15(16)12-27/h4-7,9-11H,2-3,8,13H2,1H3,(H,30,31). The molecule has 4 rings (SSSR count). The summed E-state index contributed by atoms with van der Waals surface area (Å²) in [4.78, 5) is 16.1. The van der Waals surface area contributed by atoms with Crippen molar-refractivity contribution in [3.8, 4) is 17.4 Å². The van der Waals surface area contributed by atoms with Crippen molar-refractivity contribution in [1.29, 1.82) is 5.26 Å². The van der Waals surface area contributed by atoms with E-state index in [4.69, 9.17) is 16.0 Å². The van der Waals surface area contributed by atoms with Crippen LogP contribution in [0.25, 0.3) is 22.3 Å². The van der Waals surface area contributed by atoms with Gasteiger partial charge in [0.15, 0.2) is 16.6 Å². The normalized spacial score (nSPS) is 11.1. The number of fused-ring (bicyclic) bond motifs is 1. The molecular formula is C24H19BrClN3O3. The molecule has 0 bridgehead atoms. The highest BCUT2D eigenvalue weighted by Crippen LogP contribution is 2.39. The van der Waals surface area contributed by atoms with Crippen LogP contribution in [0.1, 0.15) is 47.2 Å². The lowest BCUT2D eigenvalue weighted by Crippen LogP contribution is -2.13. The van der Waals surface area contributed by atoms with Crippen molar-refractivity contribution in [2.45, 2.75) is 32.7 Å². The lowest BCUT2D eigenvalue weighted by atomic mass is 10.1. The highest BCUT2D eigenvalue weighted by atomic mass is 79.9. The Balaban J connectivity index is 1.77. The minimum atomic E-state index is -1.11. The van der Waals surface area contributed by atoms with E-state index in [1.165, 1.54) is 0 Å². The van der Waals surface area contributed by atoms with Crippen LogP contribution in [-0.4, -0.2) is 20.6 Å². The van der Waals surface area contributed by atoms with E-state index in [-0.39, 0.29) is 10.8 Å². The van der Waals surface area contributed by atoms with E-state index in [0.29, 0.717) is 41.3 Å². The zero-order valence-corrected chi connectivity index (χ0v) is 19.6. The molecular weight excluding hydrogens is 494 g/mol. The predicted molar refractivity (Wildman–Crippen MR) is 126 cm³/mol. The minimum Gasteiger partial charge on any atom is -0.476 e. The number of furan rings is 1. The van der Waals surface area contributed by atoms with Crippen molar-refractivity contribution in [2.75, 3.05) is 0 Å². The average Bonchev–Trinajstić information content (AvgIpc) is 3.28. The van der Waals surface area contributed by atoms with Crippen molar-refractivity contribution in [3.63, 3.8) is 0 Å². The van der Waals surface area contributed by atoms with Gasteiger partial charge in [-0.1, -0.05) is 43.1 Å². The molecule has 162 valence electrons. The fourth-order valence-electron chi connectivity index (χ4n) is 3.71. The van der Waals surface area contributed by atoms with Gasteiger partial charge in [-0.3, -0.25) is 0 Å². The molecule has 0 radical (unpaired) electrons. The van der Waals surface area contributed by atoms with Gasteiger partial charge < -0.3 is 14.1 Å². The Morgan fingerprint density at radius 3 is 2.81 bits per heavy atom. The van der Waals surface area contributed by atoms with Gasteiger partial charge in [0.2, 0.25) is 0 Å². The van der Waals surface area contributed by atoms with Crippen LogP contribution >= 0.6 is 27.5 Å². The van der Waals surface area contributed by atoms with E-state index in [0.717, 1.165) is 28.3 Å². The summed E-state index contributed by atoms with van der Waals surface area (Å²) < 4.78 is 8.45. The van der Waals surface area contributed by atoms with Crippen LogP contribution in [0.3, 0.4) is 0 Å². The number of unbranched alkanes of at least 4 members (excludes halogenated alkanes) is 1. The zero-order valence-electron chi connectivity index (χ0n) is 17.2. The highest BCUT2D eigenvalue weighted by Gasteiger charge is 2.22. The molecule has 6 nitrogen and oxygen atoms in total. The number of rotatable bonds is 7. The van der Waals surface area contributed by atoms with E-state index in [1.54, 1.807) is 10.6 Å². The van der Waals surface area contributed by atoms with Crippen LogP contribution in [-0.2, 0) is 13.0 Å². The summed E-state index contributed by atoms with van der Waals surface area (Å²) in [6, 6.07) is 15.1. The number of benzene rings is 2. The number of aromatic nitrogens is 2. The molecule has 4 aromatic rings. The van der Waals surface area contributed by atoms with Gasteiger partial charge in [0.25, 0.3) is 0 Å². The van der Waals surface area contributed by atoms with Gasteiger partial charge in [-0.2, -0.15) is 5.26 Å². The largest absolute Gasteiger partial charge is 0.476 e. The molecule has 2 aromatic heterocycles. The van der Waals surface area contributed by atoms with Gasteiger partial charge in [0.05, 0.1) is 16.1 Å². The minimum absolute atomic E-state index is 0.00423. The van der Waals surface area contributed by atoms with Gasteiger partial charge in [0, 0.05) is 23.9 Å². The Hall–Kier alpha value is -3.08. The Morgan fingerprint density at radius 2 is 2.09 bits per heavy atom. The number of nitrogens with zero attached hydrogens (tertiary/aromatic N) is 3. The van der Waals surface area contributed by atoms with E-state index in [2.05, 4.69) is 33.9 Å². The first-order valence-electron chi connectivity index (χ1n) is 10.1. The third kappa shape index (κ3) is 4.04. The smallest absolute Gasteiger partial charge is 0.355 e. The second-order valence-electron chi connectivity index (χ2n) is 7.40. The molecule has 0 spiro atoms. The molecule has 1 N–H and O–H groups in total. The molecule has 0 unspecified atom stereocenters. The lowest BCUT2D eigenvalue weighted by molar-refractivity contribution is 0.0685.